The van der Waals surface area contributed by atoms with Gasteiger partial charge in [0.1, 0.15) is 5.60 Å². The van der Waals surface area contributed by atoms with E-state index >= 15 is 0 Å². The topological polar surface area (TPSA) is 38.8 Å². The minimum Gasteiger partial charge on any atom is -0.444 e. The SMILES string of the molecule is CC(C)(C)OC(=O)N1CCCC1c1ccccc1C1CCOCC1. The normalized spacial score (nSPS) is 22.6. The van der Waals surface area contributed by atoms with Gasteiger partial charge in [0.15, 0.2) is 0 Å². The van der Waals surface area contributed by atoms with Crippen LogP contribution in [-0.4, -0.2) is 36.4 Å². The maximum Gasteiger partial charge on any atom is 0.410 e. The third-order valence-corrected chi connectivity index (χ3v) is 4.90. The lowest BCUT2D eigenvalue weighted by molar-refractivity contribution is 0.0222. The molecule has 0 spiro atoms. The summed E-state index contributed by atoms with van der Waals surface area (Å²) in [6, 6.07) is 8.76. The molecule has 2 aliphatic rings. The van der Waals surface area contributed by atoms with Crippen LogP contribution in [0.4, 0.5) is 4.79 Å². The molecule has 0 saturated carbocycles. The summed E-state index contributed by atoms with van der Waals surface area (Å²) in [5.74, 6) is 0.538. The van der Waals surface area contributed by atoms with E-state index in [1.165, 1.54) is 11.1 Å². The van der Waals surface area contributed by atoms with Crippen molar-refractivity contribution in [3.8, 4) is 0 Å². The van der Waals surface area contributed by atoms with Crippen molar-refractivity contribution < 1.29 is 14.3 Å². The molecule has 4 nitrogen and oxygen atoms in total. The Labute approximate surface area is 145 Å². The molecule has 1 aromatic carbocycles. The zero-order valence-electron chi connectivity index (χ0n) is 15.1. The predicted molar refractivity (Wildman–Crippen MR) is 94.2 cm³/mol. The van der Waals surface area contributed by atoms with Crippen LogP contribution in [0, 0.1) is 0 Å². The highest BCUT2D eigenvalue weighted by molar-refractivity contribution is 5.69. The first-order valence-electron chi connectivity index (χ1n) is 9.12. The molecule has 1 unspecified atom stereocenters. The minimum atomic E-state index is -0.454. The molecule has 3 rings (SSSR count). The summed E-state index contributed by atoms with van der Waals surface area (Å²) in [5.41, 5.74) is 2.23. The quantitative estimate of drug-likeness (QED) is 0.791. The van der Waals surface area contributed by atoms with Crippen molar-refractivity contribution in [1.29, 1.82) is 0 Å². The summed E-state index contributed by atoms with van der Waals surface area (Å²) < 4.78 is 11.1. The molecule has 4 heteroatoms. The van der Waals surface area contributed by atoms with E-state index in [-0.39, 0.29) is 12.1 Å². The lowest BCUT2D eigenvalue weighted by Gasteiger charge is -2.32. The number of hydrogen-bond donors (Lipinski definition) is 0. The number of amides is 1. The van der Waals surface area contributed by atoms with Crippen molar-refractivity contribution in [2.45, 2.75) is 64.0 Å². The van der Waals surface area contributed by atoms with E-state index in [0.717, 1.165) is 45.4 Å². The molecule has 2 aliphatic heterocycles. The number of rotatable bonds is 2. The second kappa shape index (κ2) is 7.14. The second-order valence-electron chi connectivity index (χ2n) is 7.85. The first kappa shape index (κ1) is 17.3. The monoisotopic (exact) mass is 331 g/mol. The van der Waals surface area contributed by atoms with Gasteiger partial charge in [-0.3, -0.25) is 0 Å². The highest BCUT2D eigenvalue weighted by Crippen LogP contribution is 2.39. The number of carbonyl (C=O) groups excluding carboxylic acids is 1. The second-order valence-corrected chi connectivity index (χ2v) is 7.85. The zero-order chi connectivity index (χ0) is 17.2. The van der Waals surface area contributed by atoms with Gasteiger partial charge < -0.3 is 14.4 Å². The maximum atomic E-state index is 12.6. The fourth-order valence-electron chi connectivity index (χ4n) is 3.82. The summed E-state index contributed by atoms with van der Waals surface area (Å²) >= 11 is 0. The molecule has 1 aromatic rings. The van der Waals surface area contributed by atoms with Crippen molar-refractivity contribution in [2.24, 2.45) is 0 Å². The van der Waals surface area contributed by atoms with Crippen LogP contribution in [0.25, 0.3) is 0 Å². The third kappa shape index (κ3) is 3.92. The number of likely N-dealkylation sites (tertiary alicyclic amines) is 1. The van der Waals surface area contributed by atoms with Gasteiger partial charge in [-0.1, -0.05) is 24.3 Å². The first-order valence-corrected chi connectivity index (χ1v) is 9.12. The first-order chi connectivity index (χ1) is 11.5. The number of hydrogen-bond acceptors (Lipinski definition) is 3. The summed E-state index contributed by atoms with van der Waals surface area (Å²) in [6.45, 7) is 8.21. The minimum absolute atomic E-state index is 0.138. The van der Waals surface area contributed by atoms with Gasteiger partial charge in [-0.2, -0.15) is 0 Å². The van der Waals surface area contributed by atoms with Gasteiger partial charge in [-0.15, -0.1) is 0 Å². The van der Waals surface area contributed by atoms with Crippen molar-refractivity contribution >= 4 is 6.09 Å². The van der Waals surface area contributed by atoms with Crippen LogP contribution in [0.15, 0.2) is 24.3 Å². The van der Waals surface area contributed by atoms with Crippen molar-refractivity contribution in [1.82, 2.24) is 4.90 Å². The summed E-state index contributed by atoms with van der Waals surface area (Å²) in [5, 5.41) is 0. The molecule has 24 heavy (non-hydrogen) atoms. The molecule has 2 saturated heterocycles. The van der Waals surface area contributed by atoms with Gasteiger partial charge in [0.05, 0.1) is 6.04 Å². The molecule has 2 heterocycles. The standard InChI is InChI=1S/C20H29NO3/c1-20(2,3)24-19(22)21-12-6-9-18(21)17-8-5-4-7-16(17)15-10-13-23-14-11-15/h4-5,7-8,15,18H,6,9-14H2,1-3H3. The third-order valence-electron chi connectivity index (χ3n) is 4.90. The summed E-state index contributed by atoms with van der Waals surface area (Å²) in [4.78, 5) is 14.5. The van der Waals surface area contributed by atoms with Gasteiger partial charge in [-0.05, 0) is 63.5 Å². The average molecular weight is 331 g/mol. The fraction of sp³-hybridized carbons (Fsp3) is 0.650. The molecular formula is C20H29NO3. The van der Waals surface area contributed by atoms with Gasteiger partial charge in [0.2, 0.25) is 0 Å². The van der Waals surface area contributed by atoms with Gasteiger partial charge in [0, 0.05) is 19.8 Å². The molecule has 1 atom stereocenters. The van der Waals surface area contributed by atoms with Crippen LogP contribution < -0.4 is 0 Å². The van der Waals surface area contributed by atoms with Crippen molar-refractivity contribution in [3.63, 3.8) is 0 Å². The van der Waals surface area contributed by atoms with Crippen molar-refractivity contribution in [2.75, 3.05) is 19.8 Å². The Kier molecular flexibility index (Phi) is 5.14. The zero-order valence-corrected chi connectivity index (χ0v) is 15.1. The Bertz CT molecular complexity index is 572. The lowest BCUT2D eigenvalue weighted by atomic mass is 9.85. The molecule has 1 amide bonds. The van der Waals surface area contributed by atoms with Gasteiger partial charge in [-0.25, -0.2) is 4.79 Å². The molecule has 0 radical (unpaired) electrons. The number of nitrogens with zero attached hydrogens (tertiary/aromatic N) is 1. The summed E-state index contributed by atoms with van der Waals surface area (Å²) in [6.07, 6.45) is 3.99. The van der Waals surface area contributed by atoms with E-state index in [0.29, 0.717) is 5.92 Å². The number of ether oxygens (including phenoxy) is 2. The van der Waals surface area contributed by atoms with E-state index in [9.17, 15) is 4.79 Å². The van der Waals surface area contributed by atoms with E-state index < -0.39 is 5.60 Å². The highest BCUT2D eigenvalue weighted by atomic mass is 16.6. The van der Waals surface area contributed by atoms with Crippen LogP contribution in [0.1, 0.15) is 69.5 Å². The number of carbonyl (C=O) groups is 1. The smallest absolute Gasteiger partial charge is 0.410 e. The molecule has 0 bridgehead atoms. The van der Waals surface area contributed by atoms with E-state index in [1.807, 2.05) is 25.7 Å². The summed E-state index contributed by atoms with van der Waals surface area (Å²) in [7, 11) is 0. The van der Waals surface area contributed by atoms with Crippen LogP contribution >= 0.6 is 0 Å². The van der Waals surface area contributed by atoms with Crippen LogP contribution in [0.5, 0.6) is 0 Å². The number of benzene rings is 1. The Morgan fingerprint density at radius 2 is 1.79 bits per heavy atom. The fourth-order valence-corrected chi connectivity index (χ4v) is 3.82. The highest BCUT2D eigenvalue weighted by Gasteiger charge is 2.35. The molecule has 0 N–H and O–H groups in total. The van der Waals surface area contributed by atoms with E-state index in [1.54, 1.807) is 0 Å². The molecule has 0 aliphatic carbocycles. The Balaban J connectivity index is 1.83. The van der Waals surface area contributed by atoms with E-state index in [2.05, 4.69) is 24.3 Å². The maximum absolute atomic E-state index is 12.6. The van der Waals surface area contributed by atoms with Crippen LogP contribution in [0.3, 0.4) is 0 Å². The average Bonchev–Trinajstić information content (AvgIpc) is 3.04. The largest absolute Gasteiger partial charge is 0.444 e. The molecule has 132 valence electrons. The molecule has 2 fully saturated rings. The van der Waals surface area contributed by atoms with Gasteiger partial charge >= 0.3 is 6.09 Å². The van der Waals surface area contributed by atoms with E-state index in [4.69, 9.17) is 9.47 Å². The van der Waals surface area contributed by atoms with Crippen molar-refractivity contribution in [3.05, 3.63) is 35.4 Å². The predicted octanol–water partition coefficient (Wildman–Crippen LogP) is 4.65. The Hall–Kier alpha value is -1.55. The van der Waals surface area contributed by atoms with Crippen LogP contribution in [-0.2, 0) is 9.47 Å². The Morgan fingerprint density at radius 3 is 2.46 bits per heavy atom. The Morgan fingerprint density at radius 1 is 1.12 bits per heavy atom. The molecular weight excluding hydrogens is 302 g/mol. The van der Waals surface area contributed by atoms with Crippen LogP contribution in [0.2, 0.25) is 0 Å². The lowest BCUT2D eigenvalue weighted by Crippen LogP contribution is -2.36. The van der Waals surface area contributed by atoms with Gasteiger partial charge in [0.25, 0.3) is 0 Å². The molecule has 0 aromatic heterocycles.